The summed E-state index contributed by atoms with van der Waals surface area (Å²) in [4.78, 5) is 2.38. The van der Waals surface area contributed by atoms with Crippen molar-refractivity contribution >= 4 is 9.84 Å². The van der Waals surface area contributed by atoms with E-state index in [4.69, 9.17) is 0 Å². The molecule has 1 fully saturated rings. The van der Waals surface area contributed by atoms with Gasteiger partial charge in [-0.1, -0.05) is 20.8 Å². The third-order valence-electron chi connectivity index (χ3n) is 4.85. The van der Waals surface area contributed by atoms with E-state index in [1.54, 1.807) is 6.92 Å². The van der Waals surface area contributed by atoms with Crippen LogP contribution < -0.4 is 5.32 Å². The van der Waals surface area contributed by atoms with Gasteiger partial charge in [0.05, 0.1) is 5.75 Å². The number of sulfone groups is 1. The van der Waals surface area contributed by atoms with Crippen molar-refractivity contribution in [1.82, 2.24) is 10.2 Å². The molecule has 0 aromatic heterocycles. The quantitative estimate of drug-likeness (QED) is 0.808. The third-order valence-corrected chi connectivity index (χ3v) is 6.54. The molecule has 0 bridgehead atoms. The molecule has 1 aliphatic heterocycles. The molecule has 0 amide bonds. The Balaban J connectivity index is 2.79. The molecule has 0 saturated carbocycles. The van der Waals surface area contributed by atoms with Crippen LogP contribution in [0.5, 0.6) is 0 Å². The first-order chi connectivity index (χ1) is 8.70. The van der Waals surface area contributed by atoms with Crippen molar-refractivity contribution < 1.29 is 8.42 Å². The highest BCUT2D eigenvalue weighted by Crippen LogP contribution is 2.28. The first-order valence-electron chi connectivity index (χ1n) is 7.41. The van der Waals surface area contributed by atoms with Crippen LogP contribution in [0.25, 0.3) is 0 Å². The van der Waals surface area contributed by atoms with Crippen LogP contribution in [0.2, 0.25) is 0 Å². The maximum Gasteiger partial charge on any atom is 0.151 e. The second kappa shape index (κ2) is 6.10. The lowest BCUT2D eigenvalue weighted by Crippen LogP contribution is -2.68. The Kier molecular flexibility index (Phi) is 5.43. The fraction of sp³-hybridized carbons (Fsp3) is 1.00. The zero-order chi connectivity index (χ0) is 14.7. The molecule has 0 aromatic carbocycles. The van der Waals surface area contributed by atoms with Crippen LogP contribution >= 0.6 is 0 Å². The maximum atomic E-state index is 11.7. The van der Waals surface area contributed by atoms with Gasteiger partial charge in [0.25, 0.3) is 0 Å². The lowest BCUT2D eigenvalue weighted by molar-refractivity contribution is 0.0221. The molecule has 1 saturated heterocycles. The summed E-state index contributed by atoms with van der Waals surface area (Å²) in [5.41, 5.74) is 0.169. The Bertz CT molecular complexity index is 396. The van der Waals surface area contributed by atoms with Gasteiger partial charge in [0.15, 0.2) is 9.84 Å². The highest BCUT2D eigenvalue weighted by atomic mass is 32.2. The van der Waals surface area contributed by atoms with Crippen LogP contribution in [-0.4, -0.2) is 55.5 Å². The first-order valence-corrected chi connectivity index (χ1v) is 9.23. The normalized spacial score (nSPS) is 33.5. The Morgan fingerprint density at radius 3 is 2.26 bits per heavy atom. The van der Waals surface area contributed by atoms with E-state index in [1.165, 1.54) is 0 Å². The third kappa shape index (κ3) is 4.17. The zero-order valence-electron chi connectivity index (χ0n) is 13.1. The number of piperazine rings is 1. The smallest absolute Gasteiger partial charge is 0.151 e. The van der Waals surface area contributed by atoms with E-state index in [2.05, 4.69) is 37.9 Å². The summed E-state index contributed by atoms with van der Waals surface area (Å²) < 4.78 is 23.5. The summed E-state index contributed by atoms with van der Waals surface area (Å²) in [6.45, 7) is 13.0. The molecule has 19 heavy (non-hydrogen) atoms. The maximum absolute atomic E-state index is 11.7. The summed E-state index contributed by atoms with van der Waals surface area (Å²) in [6.07, 6.45) is 2.09. The van der Waals surface area contributed by atoms with E-state index in [-0.39, 0.29) is 22.6 Å². The Labute approximate surface area is 118 Å². The lowest BCUT2D eigenvalue weighted by Gasteiger charge is -2.52. The molecule has 1 aliphatic rings. The van der Waals surface area contributed by atoms with Crippen molar-refractivity contribution in [2.45, 2.75) is 58.5 Å². The number of hydrogen-bond donors (Lipinski definition) is 1. The number of hydrogen-bond acceptors (Lipinski definition) is 4. The Morgan fingerprint density at radius 2 is 1.79 bits per heavy atom. The monoisotopic (exact) mass is 290 g/mol. The molecular formula is C14H30N2O2S. The molecule has 1 rings (SSSR count). The van der Waals surface area contributed by atoms with E-state index < -0.39 is 9.84 Å². The molecular weight excluding hydrogens is 260 g/mol. The fourth-order valence-corrected chi connectivity index (χ4v) is 3.30. The fourth-order valence-electron chi connectivity index (χ4n) is 2.51. The van der Waals surface area contributed by atoms with Crippen LogP contribution in [0.3, 0.4) is 0 Å². The van der Waals surface area contributed by atoms with Gasteiger partial charge in [-0.15, -0.1) is 0 Å². The van der Waals surface area contributed by atoms with E-state index in [0.717, 1.165) is 25.9 Å². The molecule has 0 aromatic rings. The molecule has 4 nitrogen and oxygen atoms in total. The summed E-state index contributed by atoms with van der Waals surface area (Å²) >= 11 is 0. The molecule has 0 aliphatic carbocycles. The van der Waals surface area contributed by atoms with Crippen LogP contribution in [-0.2, 0) is 9.84 Å². The standard InChI is InChI=1S/C14H30N2O2S/c1-6-13(4)12-16(9-10-19(17,18)8-3)14(5,7-2)11-15-13/h15H,6-12H2,1-5H3. The molecule has 1 heterocycles. The van der Waals surface area contributed by atoms with E-state index in [0.29, 0.717) is 6.54 Å². The molecule has 2 unspecified atom stereocenters. The minimum absolute atomic E-state index is 0.0674. The largest absolute Gasteiger partial charge is 0.308 e. The van der Waals surface area contributed by atoms with Crippen LogP contribution in [0.15, 0.2) is 0 Å². The predicted octanol–water partition coefficient (Wildman–Crippen LogP) is 1.66. The Hall–Kier alpha value is -0.130. The first kappa shape index (κ1) is 16.9. The van der Waals surface area contributed by atoms with Crippen molar-refractivity contribution in [3.8, 4) is 0 Å². The van der Waals surface area contributed by atoms with Crippen molar-refractivity contribution in [3.63, 3.8) is 0 Å². The SMILES string of the molecule is CCC1(C)CN(CCS(=O)(=O)CC)C(C)(CC)CN1. The predicted molar refractivity (Wildman–Crippen MR) is 81.3 cm³/mol. The van der Waals surface area contributed by atoms with Crippen molar-refractivity contribution in [1.29, 1.82) is 0 Å². The minimum Gasteiger partial charge on any atom is -0.308 e. The highest BCUT2D eigenvalue weighted by Gasteiger charge is 2.40. The second-order valence-corrected chi connectivity index (χ2v) is 8.75. The molecule has 0 spiro atoms. The topological polar surface area (TPSA) is 49.4 Å². The van der Waals surface area contributed by atoms with Crippen molar-refractivity contribution in [2.24, 2.45) is 0 Å². The van der Waals surface area contributed by atoms with Gasteiger partial charge in [-0.3, -0.25) is 4.90 Å². The van der Waals surface area contributed by atoms with Crippen LogP contribution in [0.1, 0.15) is 47.5 Å². The Morgan fingerprint density at radius 1 is 1.16 bits per heavy atom. The average Bonchev–Trinajstić information content (AvgIpc) is 2.40. The van der Waals surface area contributed by atoms with Gasteiger partial charge in [0.1, 0.15) is 0 Å². The van der Waals surface area contributed by atoms with Crippen molar-refractivity contribution in [3.05, 3.63) is 0 Å². The molecule has 114 valence electrons. The van der Waals surface area contributed by atoms with Gasteiger partial charge in [0, 0.05) is 36.5 Å². The number of nitrogens with one attached hydrogen (secondary N) is 1. The van der Waals surface area contributed by atoms with Gasteiger partial charge >= 0.3 is 0 Å². The van der Waals surface area contributed by atoms with E-state index in [9.17, 15) is 8.42 Å². The van der Waals surface area contributed by atoms with Gasteiger partial charge in [0.2, 0.25) is 0 Å². The van der Waals surface area contributed by atoms with Crippen LogP contribution in [0, 0.1) is 0 Å². The minimum atomic E-state index is -2.88. The van der Waals surface area contributed by atoms with Crippen molar-refractivity contribution in [2.75, 3.05) is 31.1 Å². The summed E-state index contributed by atoms with van der Waals surface area (Å²) in [5, 5.41) is 3.64. The van der Waals surface area contributed by atoms with Gasteiger partial charge in [-0.2, -0.15) is 0 Å². The second-order valence-electron chi connectivity index (χ2n) is 6.28. The zero-order valence-corrected chi connectivity index (χ0v) is 13.9. The summed E-state index contributed by atoms with van der Waals surface area (Å²) in [5.74, 6) is 0.520. The summed E-state index contributed by atoms with van der Waals surface area (Å²) in [7, 11) is -2.88. The molecule has 2 atom stereocenters. The molecule has 0 radical (unpaired) electrons. The molecule has 5 heteroatoms. The van der Waals surface area contributed by atoms with Gasteiger partial charge in [-0.05, 0) is 26.7 Å². The average molecular weight is 290 g/mol. The highest BCUT2D eigenvalue weighted by molar-refractivity contribution is 7.91. The van der Waals surface area contributed by atoms with Crippen LogP contribution in [0.4, 0.5) is 0 Å². The summed E-state index contributed by atoms with van der Waals surface area (Å²) in [6, 6.07) is 0. The molecule has 1 N–H and O–H groups in total. The lowest BCUT2D eigenvalue weighted by atomic mass is 9.86. The van der Waals surface area contributed by atoms with E-state index in [1.807, 2.05) is 0 Å². The van der Waals surface area contributed by atoms with Gasteiger partial charge < -0.3 is 5.32 Å². The number of nitrogens with zero attached hydrogens (tertiary/aromatic N) is 1. The van der Waals surface area contributed by atoms with Gasteiger partial charge in [-0.25, -0.2) is 8.42 Å². The van der Waals surface area contributed by atoms with E-state index >= 15 is 0 Å². The number of rotatable bonds is 6.